The van der Waals surface area contributed by atoms with Gasteiger partial charge in [-0.05, 0) is 57.0 Å². The normalized spacial score (nSPS) is 13.4. The molecule has 1 aliphatic heterocycles. The molecule has 0 saturated carbocycles. The number of benzene rings is 4. The molecule has 3 heteroatoms. The fourth-order valence-corrected chi connectivity index (χ4v) is 4.14. The van der Waals surface area contributed by atoms with E-state index in [1.807, 2.05) is 85.0 Å². The van der Waals surface area contributed by atoms with Gasteiger partial charge in [-0.3, -0.25) is 0 Å². The molecule has 0 radical (unpaired) electrons. The van der Waals surface area contributed by atoms with Crippen molar-refractivity contribution in [3.05, 3.63) is 143 Å². The number of rotatable bonds is 4. The van der Waals surface area contributed by atoms with E-state index in [-0.39, 0.29) is 5.57 Å². The van der Waals surface area contributed by atoms with Crippen molar-refractivity contribution in [2.24, 2.45) is 0 Å². The van der Waals surface area contributed by atoms with Gasteiger partial charge in [0.25, 0.3) is 0 Å². The molecule has 4 aromatic rings. The molecule has 0 aromatic heterocycles. The quantitative estimate of drug-likeness (QED) is 0.299. The summed E-state index contributed by atoms with van der Waals surface area (Å²) in [7, 11) is 0. The number of ether oxygens (including phenoxy) is 1. The van der Waals surface area contributed by atoms with E-state index in [1.165, 1.54) is 0 Å². The van der Waals surface area contributed by atoms with Crippen molar-refractivity contribution >= 4 is 33.7 Å². The SMILES string of the molecule is N#CC(C#N)=C1C=C(/C=C/c2cccc3ccccc23)OC(/C=C/c2cccc3ccccc23)=C1. The second-order valence-electron chi connectivity index (χ2n) is 8.05. The molecule has 0 unspecified atom stereocenters. The molecule has 0 aliphatic carbocycles. The van der Waals surface area contributed by atoms with E-state index in [1.54, 1.807) is 12.2 Å². The van der Waals surface area contributed by atoms with Gasteiger partial charge in [-0.2, -0.15) is 10.5 Å². The fourth-order valence-electron chi connectivity index (χ4n) is 4.14. The fraction of sp³-hybridized carbons (Fsp3) is 0. The molecule has 0 spiro atoms. The van der Waals surface area contributed by atoms with Crippen LogP contribution in [0.5, 0.6) is 0 Å². The molecular weight excluding hydrogens is 428 g/mol. The molecule has 5 rings (SSSR count). The summed E-state index contributed by atoms with van der Waals surface area (Å²) in [5.41, 5.74) is 2.68. The Bertz CT molecular complexity index is 1550. The van der Waals surface area contributed by atoms with E-state index in [9.17, 15) is 10.5 Å². The van der Waals surface area contributed by atoms with Crippen LogP contribution in [0.4, 0.5) is 0 Å². The lowest BCUT2D eigenvalue weighted by Crippen LogP contribution is -1.98. The first-order valence-electron chi connectivity index (χ1n) is 11.2. The van der Waals surface area contributed by atoms with Crippen LogP contribution < -0.4 is 0 Å². The summed E-state index contributed by atoms with van der Waals surface area (Å²) in [5.74, 6) is 1.10. The molecule has 0 bridgehead atoms. The molecule has 35 heavy (non-hydrogen) atoms. The molecular formula is C32H20N2O. The van der Waals surface area contributed by atoms with Crippen LogP contribution in [0.1, 0.15) is 11.1 Å². The molecule has 3 nitrogen and oxygen atoms in total. The Kier molecular flexibility index (Phi) is 6.07. The zero-order chi connectivity index (χ0) is 24.0. The van der Waals surface area contributed by atoms with Crippen molar-refractivity contribution in [2.75, 3.05) is 0 Å². The minimum absolute atomic E-state index is 0.0421. The zero-order valence-electron chi connectivity index (χ0n) is 18.8. The lowest BCUT2D eigenvalue weighted by atomic mass is 10.0. The minimum Gasteiger partial charge on any atom is -0.457 e. The highest BCUT2D eigenvalue weighted by Crippen LogP contribution is 2.27. The average Bonchev–Trinajstić information content (AvgIpc) is 2.91. The molecule has 0 fully saturated rings. The maximum atomic E-state index is 9.44. The summed E-state index contributed by atoms with van der Waals surface area (Å²) in [5, 5.41) is 23.5. The van der Waals surface area contributed by atoms with E-state index in [0.29, 0.717) is 17.1 Å². The Balaban J connectivity index is 1.50. The Hall–Kier alpha value is -5.12. The summed E-state index contributed by atoms with van der Waals surface area (Å²) < 4.78 is 6.12. The van der Waals surface area contributed by atoms with Crippen LogP contribution in [0, 0.1) is 22.7 Å². The lowest BCUT2D eigenvalue weighted by molar-refractivity contribution is 0.332. The lowest BCUT2D eigenvalue weighted by Gasteiger charge is -2.14. The van der Waals surface area contributed by atoms with Gasteiger partial charge < -0.3 is 4.74 Å². The Morgan fingerprint density at radius 3 is 1.51 bits per heavy atom. The first-order valence-corrected chi connectivity index (χ1v) is 11.2. The van der Waals surface area contributed by atoms with E-state index in [2.05, 4.69) is 36.4 Å². The van der Waals surface area contributed by atoms with E-state index >= 15 is 0 Å². The van der Waals surface area contributed by atoms with Crippen LogP contribution >= 0.6 is 0 Å². The highest BCUT2D eigenvalue weighted by atomic mass is 16.5. The predicted octanol–water partition coefficient (Wildman–Crippen LogP) is 7.86. The highest BCUT2D eigenvalue weighted by Gasteiger charge is 2.12. The van der Waals surface area contributed by atoms with E-state index < -0.39 is 0 Å². The van der Waals surface area contributed by atoms with Gasteiger partial charge in [0, 0.05) is 5.57 Å². The van der Waals surface area contributed by atoms with Gasteiger partial charge in [-0.1, -0.05) is 97.1 Å². The molecule has 0 saturated heterocycles. The minimum atomic E-state index is 0.0421. The van der Waals surface area contributed by atoms with Gasteiger partial charge in [-0.25, -0.2) is 0 Å². The number of fused-ring (bicyclic) bond motifs is 2. The van der Waals surface area contributed by atoms with E-state index in [0.717, 1.165) is 32.7 Å². The van der Waals surface area contributed by atoms with Crippen LogP contribution in [0.25, 0.3) is 33.7 Å². The number of hydrogen-bond acceptors (Lipinski definition) is 3. The second-order valence-corrected chi connectivity index (χ2v) is 8.05. The van der Waals surface area contributed by atoms with Crippen molar-refractivity contribution in [2.45, 2.75) is 0 Å². The first kappa shape index (κ1) is 21.7. The third-order valence-electron chi connectivity index (χ3n) is 5.84. The van der Waals surface area contributed by atoms with Crippen LogP contribution in [0.15, 0.2) is 132 Å². The van der Waals surface area contributed by atoms with Crippen molar-refractivity contribution in [3.63, 3.8) is 0 Å². The van der Waals surface area contributed by atoms with Gasteiger partial charge in [0.15, 0.2) is 0 Å². The number of nitrogens with zero attached hydrogens (tertiary/aromatic N) is 2. The standard InChI is InChI=1S/C32H20N2O/c33-21-28(22-34)27-19-29(17-15-25-11-5-9-23-7-1-3-13-31(23)25)35-30(20-27)18-16-26-12-6-10-24-8-2-4-14-32(24)26/h1-20H/b17-15+,18-16+. The Labute approximate surface area is 204 Å². The Morgan fingerprint density at radius 1 is 0.571 bits per heavy atom. The third kappa shape index (κ3) is 4.67. The van der Waals surface area contributed by atoms with Crippen molar-refractivity contribution < 1.29 is 4.74 Å². The summed E-state index contributed by atoms with van der Waals surface area (Å²) in [6.07, 6.45) is 11.2. The molecule has 0 amide bonds. The van der Waals surface area contributed by atoms with Crippen LogP contribution in [0.3, 0.4) is 0 Å². The summed E-state index contributed by atoms with van der Waals surface area (Å²) in [4.78, 5) is 0. The van der Waals surface area contributed by atoms with Crippen LogP contribution in [-0.4, -0.2) is 0 Å². The van der Waals surface area contributed by atoms with Gasteiger partial charge >= 0.3 is 0 Å². The van der Waals surface area contributed by atoms with Crippen molar-refractivity contribution in [1.29, 1.82) is 10.5 Å². The van der Waals surface area contributed by atoms with Gasteiger partial charge in [0.05, 0.1) is 0 Å². The van der Waals surface area contributed by atoms with Gasteiger partial charge in [0.1, 0.15) is 29.2 Å². The number of allylic oxidation sites excluding steroid dienone is 6. The number of nitriles is 2. The van der Waals surface area contributed by atoms with Gasteiger partial charge in [0.2, 0.25) is 0 Å². The molecule has 4 aromatic carbocycles. The second kappa shape index (κ2) is 9.79. The third-order valence-corrected chi connectivity index (χ3v) is 5.84. The smallest absolute Gasteiger partial charge is 0.137 e. The average molecular weight is 449 g/mol. The molecule has 1 heterocycles. The molecule has 1 aliphatic rings. The highest BCUT2D eigenvalue weighted by molar-refractivity contribution is 5.91. The first-order chi connectivity index (χ1) is 17.2. The molecule has 0 N–H and O–H groups in total. The van der Waals surface area contributed by atoms with Crippen LogP contribution in [0.2, 0.25) is 0 Å². The summed E-state index contributed by atoms with van der Waals surface area (Å²) in [6, 6.07) is 32.6. The topological polar surface area (TPSA) is 56.8 Å². The Morgan fingerprint density at radius 2 is 1.03 bits per heavy atom. The molecule has 164 valence electrons. The van der Waals surface area contributed by atoms with Gasteiger partial charge in [-0.15, -0.1) is 0 Å². The maximum absolute atomic E-state index is 9.44. The summed E-state index contributed by atoms with van der Waals surface area (Å²) >= 11 is 0. The van der Waals surface area contributed by atoms with Crippen molar-refractivity contribution in [1.82, 2.24) is 0 Å². The summed E-state index contributed by atoms with van der Waals surface area (Å²) in [6.45, 7) is 0. The van der Waals surface area contributed by atoms with Crippen LogP contribution in [-0.2, 0) is 4.74 Å². The largest absolute Gasteiger partial charge is 0.457 e. The van der Waals surface area contributed by atoms with E-state index in [4.69, 9.17) is 4.74 Å². The number of hydrogen-bond donors (Lipinski definition) is 0. The maximum Gasteiger partial charge on any atom is 0.137 e. The zero-order valence-corrected chi connectivity index (χ0v) is 18.8. The predicted molar refractivity (Wildman–Crippen MR) is 141 cm³/mol. The molecule has 0 atom stereocenters. The van der Waals surface area contributed by atoms with Crippen molar-refractivity contribution in [3.8, 4) is 12.1 Å². The monoisotopic (exact) mass is 448 g/mol.